The fourth-order valence-electron chi connectivity index (χ4n) is 3.18. The van der Waals surface area contributed by atoms with E-state index in [2.05, 4.69) is 10.3 Å². The number of aliphatic imine (C=N–C) groups is 1. The van der Waals surface area contributed by atoms with Crippen molar-refractivity contribution in [1.82, 2.24) is 5.32 Å². The highest BCUT2D eigenvalue weighted by Crippen LogP contribution is 2.50. The fourth-order valence-corrected chi connectivity index (χ4v) is 3.18. The highest BCUT2D eigenvalue weighted by Gasteiger charge is 2.55. The molecule has 0 unspecified atom stereocenters. The lowest BCUT2D eigenvalue weighted by Crippen LogP contribution is -2.59. The highest BCUT2D eigenvalue weighted by molar-refractivity contribution is 5.37. The molecule has 15 heavy (non-hydrogen) atoms. The maximum atomic E-state index is 10.5. The number of piperidine rings is 1. The van der Waals surface area contributed by atoms with E-state index in [-0.39, 0.29) is 5.54 Å². The van der Waals surface area contributed by atoms with Crippen molar-refractivity contribution in [3.63, 3.8) is 0 Å². The molecule has 0 aromatic rings. The fraction of sp³-hybridized carbons (Fsp3) is 0.909. The summed E-state index contributed by atoms with van der Waals surface area (Å²) >= 11 is 0. The van der Waals surface area contributed by atoms with Gasteiger partial charge in [-0.3, -0.25) is 0 Å². The molecule has 0 aromatic carbocycles. The maximum Gasteiger partial charge on any atom is 0.235 e. The van der Waals surface area contributed by atoms with Gasteiger partial charge >= 0.3 is 0 Å². The van der Waals surface area contributed by atoms with E-state index in [0.29, 0.717) is 18.8 Å². The molecule has 0 spiro atoms. The van der Waals surface area contributed by atoms with Crippen LogP contribution in [0.15, 0.2) is 4.99 Å². The Hall–Kier alpha value is -0.700. The van der Waals surface area contributed by atoms with Gasteiger partial charge in [0.1, 0.15) is 0 Å². The molecule has 1 saturated carbocycles. The minimum Gasteiger partial charge on any atom is -0.390 e. The smallest absolute Gasteiger partial charge is 0.235 e. The lowest BCUT2D eigenvalue weighted by Gasteiger charge is -2.53. The first-order chi connectivity index (χ1) is 7.08. The van der Waals surface area contributed by atoms with Crippen LogP contribution in [0.3, 0.4) is 0 Å². The van der Waals surface area contributed by atoms with Crippen LogP contribution in [0, 0.1) is 5.92 Å². The molecule has 1 aliphatic carbocycles. The number of hydrogen-bond acceptors (Lipinski definition) is 4. The molecule has 2 rings (SSSR count). The summed E-state index contributed by atoms with van der Waals surface area (Å²) in [5.74, 6) is 0.431. The second-order valence-electron chi connectivity index (χ2n) is 5.18. The first kappa shape index (κ1) is 10.8. The third-order valence-electron chi connectivity index (χ3n) is 3.74. The van der Waals surface area contributed by atoms with Gasteiger partial charge in [0, 0.05) is 12.8 Å². The van der Waals surface area contributed by atoms with Crippen molar-refractivity contribution in [2.75, 3.05) is 13.1 Å². The van der Waals surface area contributed by atoms with Crippen molar-refractivity contribution in [3.8, 4) is 0 Å². The monoisotopic (exact) mass is 210 g/mol. The molecular formula is C11H18N2O2. The second-order valence-corrected chi connectivity index (χ2v) is 5.18. The molecule has 1 heterocycles. The molecule has 1 aliphatic heterocycles. The van der Waals surface area contributed by atoms with Gasteiger partial charge in [0.25, 0.3) is 0 Å². The van der Waals surface area contributed by atoms with E-state index >= 15 is 0 Å². The number of carbonyl (C=O) groups excluding carboxylic acids is 1. The largest absolute Gasteiger partial charge is 0.390 e. The van der Waals surface area contributed by atoms with Crippen molar-refractivity contribution < 1.29 is 9.90 Å². The van der Waals surface area contributed by atoms with Crippen LogP contribution < -0.4 is 5.32 Å². The van der Waals surface area contributed by atoms with Gasteiger partial charge in [0.05, 0.1) is 11.1 Å². The van der Waals surface area contributed by atoms with E-state index in [0.717, 1.165) is 25.9 Å². The minimum atomic E-state index is -0.634. The average Bonchev–Trinajstić information content (AvgIpc) is 2.16. The Balaban J connectivity index is 2.10. The molecule has 0 amide bonds. The number of nitrogens with zero attached hydrogens (tertiary/aromatic N) is 1. The molecule has 2 aliphatic rings. The molecule has 0 bridgehead atoms. The summed E-state index contributed by atoms with van der Waals surface area (Å²) in [5, 5.41) is 13.1. The van der Waals surface area contributed by atoms with Crippen LogP contribution in [-0.4, -0.2) is 35.4 Å². The van der Waals surface area contributed by atoms with Gasteiger partial charge in [-0.25, -0.2) is 4.79 Å². The van der Waals surface area contributed by atoms with E-state index in [1.807, 2.05) is 6.92 Å². The second kappa shape index (κ2) is 3.71. The predicted octanol–water partition coefficient (Wildman–Crippen LogP) is 0.605. The molecular weight excluding hydrogens is 192 g/mol. The summed E-state index contributed by atoms with van der Waals surface area (Å²) in [6.45, 7) is 3.79. The number of hydrogen-bond donors (Lipinski definition) is 2. The summed E-state index contributed by atoms with van der Waals surface area (Å²) in [7, 11) is 0. The standard InChI is InChI=1S/C11H18N2O2/c1-10(15)6-11(7-10,13-8-14)9-2-4-12-5-3-9/h9,12,15H,2-7H2,1H3. The Morgan fingerprint density at radius 2 is 2.00 bits per heavy atom. The van der Waals surface area contributed by atoms with Crippen molar-refractivity contribution in [2.24, 2.45) is 10.9 Å². The summed E-state index contributed by atoms with van der Waals surface area (Å²) < 4.78 is 0. The van der Waals surface area contributed by atoms with Crippen LogP contribution in [0.1, 0.15) is 32.6 Å². The number of nitrogens with one attached hydrogen (secondary N) is 1. The van der Waals surface area contributed by atoms with E-state index in [4.69, 9.17) is 0 Å². The van der Waals surface area contributed by atoms with Crippen LogP contribution in [0.25, 0.3) is 0 Å². The van der Waals surface area contributed by atoms with Crippen molar-refractivity contribution in [3.05, 3.63) is 0 Å². The third kappa shape index (κ3) is 1.98. The quantitative estimate of drug-likeness (QED) is 0.518. The SMILES string of the molecule is CC1(O)CC(N=C=O)(C2CCNCC2)C1. The van der Waals surface area contributed by atoms with Crippen LogP contribution in [-0.2, 0) is 4.79 Å². The van der Waals surface area contributed by atoms with Gasteiger partial charge in [-0.15, -0.1) is 0 Å². The van der Waals surface area contributed by atoms with Crippen LogP contribution >= 0.6 is 0 Å². The highest BCUT2D eigenvalue weighted by atomic mass is 16.3. The zero-order valence-corrected chi connectivity index (χ0v) is 9.12. The van der Waals surface area contributed by atoms with E-state index in [1.54, 1.807) is 6.08 Å². The summed E-state index contributed by atoms with van der Waals surface area (Å²) in [6, 6.07) is 0. The predicted molar refractivity (Wildman–Crippen MR) is 56.3 cm³/mol. The van der Waals surface area contributed by atoms with Crippen molar-refractivity contribution in [2.45, 2.75) is 43.7 Å². The molecule has 84 valence electrons. The van der Waals surface area contributed by atoms with Crippen LogP contribution in [0.4, 0.5) is 0 Å². The maximum absolute atomic E-state index is 10.5. The molecule has 0 radical (unpaired) electrons. The van der Waals surface area contributed by atoms with E-state index < -0.39 is 5.60 Å². The lowest BCUT2D eigenvalue weighted by molar-refractivity contribution is -0.0948. The number of rotatable bonds is 2. The van der Waals surface area contributed by atoms with E-state index in [9.17, 15) is 9.90 Å². The Kier molecular flexibility index (Phi) is 2.67. The van der Waals surface area contributed by atoms with Crippen molar-refractivity contribution >= 4 is 6.08 Å². The van der Waals surface area contributed by atoms with E-state index in [1.165, 1.54) is 0 Å². The first-order valence-corrected chi connectivity index (χ1v) is 5.60. The molecule has 2 N–H and O–H groups in total. The van der Waals surface area contributed by atoms with Gasteiger partial charge in [0.2, 0.25) is 6.08 Å². The molecule has 1 saturated heterocycles. The summed E-state index contributed by atoms with van der Waals surface area (Å²) in [5.41, 5.74) is -0.946. The molecule has 4 heteroatoms. The molecule has 2 fully saturated rings. The third-order valence-corrected chi connectivity index (χ3v) is 3.74. The minimum absolute atomic E-state index is 0.312. The number of aliphatic hydroxyl groups is 1. The normalized spacial score (nSPS) is 41.7. The Morgan fingerprint density at radius 1 is 1.40 bits per heavy atom. The van der Waals surface area contributed by atoms with Gasteiger partial charge in [-0.05, 0) is 38.8 Å². The Bertz CT molecular complexity index is 281. The molecule has 0 atom stereocenters. The Labute approximate surface area is 89.8 Å². The van der Waals surface area contributed by atoms with Gasteiger partial charge in [-0.1, -0.05) is 0 Å². The van der Waals surface area contributed by atoms with Gasteiger partial charge in [-0.2, -0.15) is 4.99 Å². The van der Waals surface area contributed by atoms with Crippen LogP contribution in [0.5, 0.6) is 0 Å². The van der Waals surface area contributed by atoms with Gasteiger partial charge in [0.15, 0.2) is 0 Å². The summed E-state index contributed by atoms with van der Waals surface area (Å²) in [6.07, 6.45) is 5.00. The topological polar surface area (TPSA) is 61.7 Å². The summed E-state index contributed by atoms with van der Waals surface area (Å²) in [4.78, 5) is 14.5. The lowest BCUT2D eigenvalue weighted by atomic mass is 9.58. The Morgan fingerprint density at radius 3 is 2.47 bits per heavy atom. The molecule has 0 aromatic heterocycles. The average molecular weight is 210 g/mol. The van der Waals surface area contributed by atoms with Gasteiger partial charge < -0.3 is 10.4 Å². The zero-order chi connectivity index (χ0) is 10.9. The first-order valence-electron chi connectivity index (χ1n) is 5.60. The zero-order valence-electron chi connectivity index (χ0n) is 9.12. The van der Waals surface area contributed by atoms with Crippen molar-refractivity contribution in [1.29, 1.82) is 0 Å². The van der Waals surface area contributed by atoms with Crippen LogP contribution in [0.2, 0.25) is 0 Å². The number of isocyanates is 1. The molecule has 4 nitrogen and oxygen atoms in total.